The van der Waals surface area contributed by atoms with Gasteiger partial charge in [0.1, 0.15) is 0 Å². The Kier molecular flexibility index (Phi) is 6.98. The minimum absolute atomic E-state index is 0.189. The molecule has 21 heavy (non-hydrogen) atoms. The first-order valence-electron chi connectivity index (χ1n) is 7.54. The van der Waals surface area contributed by atoms with Crippen LogP contribution in [0, 0.1) is 0 Å². The fourth-order valence-corrected chi connectivity index (χ4v) is 3.03. The minimum Gasteiger partial charge on any atom is -0.397 e. The molecular formula is C15H27N3O2S. The first-order chi connectivity index (χ1) is 9.94. The maximum atomic E-state index is 11.7. The van der Waals surface area contributed by atoms with Crippen molar-refractivity contribution in [1.29, 1.82) is 0 Å². The van der Waals surface area contributed by atoms with Crippen molar-refractivity contribution in [3.8, 4) is 0 Å². The van der Waals surface area contributed by atoms with Crippen LogP contribution in [0.4, 0.5) is 11.4 Å². The summed E-state index contributed by atoms with van der Waals surface area (Å²) < 4.78 is 25.8. The molecule has 1 aromatic rings. The molecule has 0 aliphatic carbocycles. The summed E-state index contributed by atoms with van der Waals surface area (Å²) in [6.45, 7) is 4.33. The molecule has 6 heteroatoms. The molecule has 5 nitrogen and oxygen atoms in total. The van der Waals surface area contributed by atoms with E-state index >= 15 is 0 Å². The van der Waals surface area contributed by atoms with Crippen molar-refractivity contribution in [1.82, 2.24) is 4.72 Å². The number of sulfonamides is 1. The molecule has 1 rings (SSSR count). The second-order valence-corrected chi connectivity index (χ2v) is 7.12. The first kappa shape index (κ1) is 17.8. The van der Waals surface area contributed by atoms with Gasteiger partial charge in [0.15, 0.2) is 0 Å². The van der Waals surface area contributed by atoms with E-state index in [4.69, 9.17) is 5.73 Å². The van der Waals surface area contributed by atoms with E-state index in [0.717, 1.165) is 31.4 Å². The van der Waals surface area contributed by atoms with Gasteiger partial charge in [0, 0.05) is 6.04 Å². The van der Waals surface area contributed by atoms with Crippen LogP contribution in [0.1, 0.15) is 46.0 Å². The van der Waals surface area contributed by atoms with E-state index in [9.17, 15) is 8.42 Å². The summed E-state index contributed by atoms with van der Waals surface area (Å²) in [4.78, 5) is 0.189. The Morgan fingerprint density at radius 2 is 1.90 bits per heavy atom. The van der Waals surface area contributed by atoms with Gasteiger partial charge in [0.25, 0.3) is 0 Å². The van der Waals surface area contributed by atoms with Gasteiger partial charge in [-0.25, -0.2) is 13.1 Å². The number of nitrogens with one attached hydrogen (secondary N) is 2. The molecule has 0 spiro atoms. The smallest absolute Gasteiger partial charge is 0.240 e. The number of anilines is 2. The topological polar surface area (TPSA) is 84.2 Å². The molecule has 0 aromatic heterocycles. The van der Waals surface area contributed by atoms with Gasteiger partial charge in [-0.1, -0.05) is 33.1 Å². The second-order valence-electron chi connectivity index (χ2n) is 5.23. The Morgan fingerprint density at radius 3 is 2.43 bits per heavy atom. The summed E-state index contributed by atoms with van der Waals surface area (Å²) in [5.74, 6) is 0. The van der Waals surface area contributed by atoms with Crippen LogP contribution < -0.4 is 15.8 Å². The summed E-state index contributed by atoms with van der Waals surface area (Å²) in [6.07, 6.45) is 5.62. The highest BCUT2D eigenvalue weighted by molar-refractivity contribution is 7.89. The number of benzene rings is 1. The lowest BCUT2D eigenvalue weighted by Crippen LogP contribution is -2.21. The van der Waals surface area contributed by atoms with Crippen molar-refractivity contribution in [2.75, 3.05) is 18.1 Å². The van der Waals surface area contributed by atoms with E-state index in [0.29, 0.717) is 11.7 Å². The van der Waals surface area contributed by atoms with Crippen molar-refractivity contribution in [2.45, 2.75) is 56.9 Å². The van der Waals surface area contributed by atoms with Gasteiger partial charge < -0.3 is 11.1 Å². The summed E-state index contributed by atoms with van der Waals surface area (Å²) >= 11 is 0. The van der Waals surface area contributed by atoms with Crippen molar-refractivity contribution in [3.05, 3.63) is 18.2 Å². The van der Waals surface area contributed by atoms with Crippen LogP contribution in [-0.2, 0) is 10.0 Å². The largest absolute Gasteiger partial charge is 0.397 e. The highest BCUT2D eigenvalue weighted by atomic mass is 32.2. The lowest BCUT2D eigenvalue weighted by atomic mass is 10.0. The SMILES string of the molecule is CCCCC(CCC)Nc1ccc(S(=O)(=O)NC)cc1N. The van der Waals surface area contributed by atoms with Crippen LogP contribution in [0.15, 0.2) is 23.1 Å². The maximum absolute atomic E-state index is 11.7. The van der Waals surface area contributed by atoms with Gasteiger partial charge in [-0.15, -0.1) is 0 Å². The van der Waals surface area contributed by atoms with E-state index in [2.05, 4.69) is 23.9 Å². The van der Waals surface area contributed by atoms with Gasteiger partial charge in [-0.3, -0.25) is 0 Å². The van der Waals surface area contributed by atoms with Crippen LogP contribution in [0.5, 0.6) is 0 Å². The van der Waals surface area contributed by atoms with E-state index in [1.54, 1.807) is 12.1 Å². The average molecular weight is 313 g/mol. The molecule has 0 saturated carbocycles. The Morgan fingerprint density at radius 1 is 1.19 bits per heavy atom. The Bertz CT molecular complexity index is 544. The molecular weight excluding hydrogens is 286 g/mol. The monoisotopic (exact) mass is 313 g/mol. The van der Waals surface area contributed by atoms with Crippen molar-refractivity contribution >= 4 is 21.4 Å². The predicted octanol–water partition coefficient (Wildman–Crippen LogP) is 2.95. The molecule has 0 aliphatic heterocycles. The van der Waals surface area contributed by atoms with Crippen LogP contribution in [0.2, 0.25) is 0 Å². The third kappa shape index (κ3) is 5.21. The molecule has 1 atom stereocenters. The van der Waals surface area contributed by atoms with Crippen molar-refractivity contribution < 1.29 is 8.42 Å². The van der Waals surface area contributed by atoms with Gasteiger partial charge in [-0.2, -0.15) is 0 Å². The fourth-order valence-electron chi connectivity index (χ4n) is 2.26. The van der Waals surface area contributed by atoms with E-state index in [-0.39, 0.29) is 4.90 Å². The molecule has 120 valence electrons. The third-order valence-electron chi connectivity index (χ3n) is 3.50. The molecule has 0 heterocycles. The molecule has 0 fully saturated rings. The lowest BCUT2D eigenvalue weighted by Gasteiger charge is -2.20. The quantitative estimate of drug-likeness (QED) is 0.612. The summed E-state index contributed by atoms with van der Waals surface area (Å²) in [6, 6.07) is 5.20. The Hall–Kier alpha value is -1.27. The van der Waals surface area contributed by atoms with Crippen LogP contribution in [0.25, 0.3) is 0 Å². The van der Waals surface area contributed by atoms with Crippen molar-refractivity contribution in [3.63, 3.8) is 0 Å². The van der Waals surface area contributed by atoms with Crippen LogP contribution >= 0.6 is 0 Å². The third-order valence-corrected chi connectivity index (χ3v) is 4.92. The van der Waals surface area contributed by atoms with Gasteiger partial charge in [-0.05, 0) is 38.1 Å². The standard InChI is InChI=1S/C15H27N3O2S/c1-4-6-8-12(7-5-2)18-15-10-9-13(11-14(15)16)21(19,20)17-3/h9-12,17-18H,4-8,16H2,1-3H3. The van der Waals surface area contributed by atoms with Crippen molar-refractivity contribution in [2.24, 2.45) is 0 Å². The highest BCUT2D eigenvalue weighted by Gasteiger charge is 2.14. The first-order valence-corrected chi connectivity index (χ1v) is 9.02. The summed E-state index contributed by atoms with van der Waals surface area (Å²) in [5, 5.41) is 3.44. The average Bonchev–Trinajstić information content (AvgIpc) is 2.46. The van der Waals surface area contributed by atoms with Gasteiger partial charge >= 0.3 is 0 Å². The molecule has 4 N–H and O–H groups in total. The molecule has 0 radical (unpaired) electrons. The second kappa shape index (κ2) is 8.24. The number of hydrogen-bond acceptors (Lipinski definition) is 4. The molecule has 0 aliphatic rings. The lowest BCUT2D eigenvalue weighted by molar-refractivity contribution is 0.564. The van der Waals surface area contributed by atoms with Gasteiger partial charge in [0.05, 0.1) is 16.3 Å². The number of nitrogens with two attached hydrogens (primary N) is 1. The number of nitrogen functional groups attached to an aromatic ring is 1. The molecule has 1 aromatic carbocycles. The summed E-state index contributed by atoms with van der Waals surface area (Å²) in [5.41, 5.74) is 7.26. The zero-order valence-electron chi connectivity index (χ0n) is 13.1. The van der Waals surface area contributed by atoms with E-state index in [1.165, 1.54) is 19.5 Å². The number of rotatable bonds is 9. The minimum atomic E-state index is -3.45. The summed E-state index contributed by atoms with van der Waals surface area (Å²) in [7, 11) is -2.06. The molecule has 0 bridgehead atoms. The molecule has 0 amide bonds. The van der Waals surface area contributed by atoms with Crippen LogP contribution in [-0.4, -0.2) is 21.5 Å². The normalized spacial score (nSPS) is 13.1. The Balaban J connectivity index is 2.88. The van der Waals surface area contributed by atoms with Gasteiger partial charge in [0.2, 0.25) is 10.0 Å². The molecule has 1 unspecified atom stereocenters. The van der Waals surface area contributed by atoms with Crippen LogP contribution in [0.3, 0.4) is 0 Å². The zero-order valence-corrected chi connectivity index (χ0v) is 14.0. The number of unbranched alkanes of at least 4 members (excludes halogenated alkanes) is 1. The predicted molar refractivity (Wildman–Crippen MR) is 88.9 cm³/mol. The zero-order chi connectivity index (χ0) is 15.9. The molecule has 0 saturated heterocycles. The fraction of sp³-hybridized carbons (Fsp3) is 0.600. The number of hydrogen-bond donors (Lipinski definition) is 3. The van der Waals surface area contributed by atoms with E-state index < -0.39 is 10.0 Å². The maximum Gasteiger partial charge on any atom is 0.240 e. The van der Waals surface area contributed by atoms with E-state index in [1.807, 2.05) is 0 Å². The Labute approximate surface area is 128 Å². The highest BCUT2D eigenvalue weighted by Crippen LogP contribution is 2.25.